The summed E-state index contributed by atoms with van der Waals surface area (Å²) in [5, 5.41) is 3.56. The van der Waals surface area contributed by atoms with Crippen molar-refractivity contribution < 1.29 is 4.74 Å². The van der Waals surface area contributed by atoms with Crippen molar-refractivity contribution in [1.82, 2.24) is 5.32 Å². The highest BCUT2D eigenvalue weighted by Gasteiger charge is 2.31. The number of methoxy groups -OCH3 is 1. The summed E-state index contributed by atoms with van der Waals surface area (Å²) in [6, 6.07) is 10.6. The average molecular weight is 236 g/mol. The topological polar surface area (TPSA) is 47.3 Å². The summed E-state index contributed by atoms with van der Waals surface area (Å²) >= 11 is 0. The molecule has 3 heteroatoms. The van der Waals surface area contributed by atoms with Crippen molar-refractivity contribution in [3.63, 3.8) is 0 Å². The van der Waals surface area contributed by atoms with Crippen molar-refractivity contribution in [3.05, 3.63) is 35.9 Å². The maximum absolute atomic E-state index is 5.87. The molecule has 0 aromatic heterocycles. The molecule has 0 radical (unpaired) electrons. The lowest BCUT2D eigenvalue weighted by Crippen LogP contribution is -2.57. The van der Waals surface area contributed by atoms with Gasteiger partial charge >= 0.3 is 0 Å². The van der Waals surface area contributed by atoms with Crippen LogP contribution in [0.5, 0.6) is 0 Å². The Morgan fingerprint density at radius 3 is 2.35 bits per heavy atom. The standard InChI is InChI=1S/C14H24N2O/c1-11(13-8-6-5-7-9-13)16-14(3,10-15)12(2)17-4/h5-9,11-12,16H,10,15H2,1-4H3. The Morgan fingerprint density at radius 1 is 1.29 bits per heavy atom. The highest BCUT2D eigenvalue weighted by Crippen LogP contribution is 2.19. The van der Waals surface area contributed by atoms with E-state index in [0.717, 1.165) is 0 Å². The van der Waals surface area contributed by atoms with Gasteiger partial charge in [0.05, 0.1) is 11.6 Å². The predicted octanol–water partition coefficient (Wildman–Crippen LogP) is 2.09. The van der Waals surface area contributed by atoms with Gasteiger partial charge in [-0.1, -0.05) is 30.3 Å². The van der Waals surface area contributed by atoms with E-state index < -0.39 is 0 Å². The smallest absolute Gasteiger partial charge is 0.0734 e. The van der Waals surface area contributed by atoms with E-state index in [1.165, 1.54) is 5.56 Å². The molecule has 3 atom stereocenters. The van der Waals surface area contributed by atoms with Gasteiger partial charge in [-0.05, 0) is 26.3 Å². The fraction of sp³-hybridized carbons (Fsp3) is 0.571. The lowest BCUT2D eigenvalue weighted by Gasteiger charge is -2.37. The zero-order chi connectivity index (χ0) is 12.9. The Bertz CT molecular complexity index is 328. The molecule has 0 saturated carbocycles. The van der Waals surface area contributed by atoms with Gasteiger partial charge in [-0.15, -0.1) is 0 Å². The van der Waals surface area contributed by atoms with Gasteiger partial charge in [-0.3, -0.25) is 0 Å². The molecule has 96 valence electrons. The molecule has 1 aromatic carbocycles. The van der Waals surface area contributed by atoms with E-state index in [2.05, 4.69) is 31.3 Å². The summed E-state index contributed by atoms with van der Waals surface area (Å²) in [5.41, 5.74) is 6.91. The van der Waals surface area contributed by atoms with E-state index in [1.54, 1.807) is 7.11 Å². The van der Waals surface area contributed by atoms with Gasteiger partial charge in [0.15, 0.2) is 0 Å². The molecule has 3 unspecified atom stereocenters. The second-order valence-electron chi connectivity index (χ2n) is 4.78. The van der Waals surface area contributed by atoms with Crippen molar-refractivity contribution in [3.8, 4) is 0 Å². The van der Waals surface area contributed by atoms with Gasteiger partial charge in [-0.25, -0.2) is 0 Å². The minimum absolute atomic E-state index is 0.0682. The Kier molecular flexibility index (Phi) is 5.12. The van der Waals surface area contributed by atoms with Crippen LogP contribution >= 0.6 is 0 Å². The van der Waals surface area contributed by atoms with Crippen LogP contribution in [0.25, 0.3) is 0 Å². The second kappa shape index (κ2) is 6.15. The molecule has 0 fully saturated rings. The lowest BCUT2D eigenvalue weighted by molar-refractivity contribution is 0.0369. The maximum Gasteiger partial charge on any atom is 0.0734 e. The third-order valence-electron chi connectivity index (χ3n) is 3.52. The van der Waals surface area contributed by atoms with Crippen molar-refractivity contribution in [2.45, 2.75) is 38.5 Å². The van der Waals surface area contributed by atoms with Gasteiger partial charge in [0, 0.05) is 19.7 Å². The highest BCUT2D eigenvalue weighted by molar-refractivity contribution is 5.19. The van der Waals surface area contributed by atoms with Crippen LogP contribution in [0, 0.1) is 0 Å². The number of ether oxygens (including phenoxy) is 1. The summed E-state index contributed by atoms with van der Waals surface area (Å²) in [6.45, 7) is 6.82. The molecule has 17 heavy (non-hydrogen) atoms. The minimum Gasteiger partial charge on any atom is -0.380 e. The molecule has 0 heterocycles. The molecular weight excluding hydrogens is 212 g/mol. The van der Waals surface area contributed by atoms with Crippen LogP contribution in [0.2, 0.25) is 0 Å². The summed E-state index contributed by atoms with van der Waals surface area (Å²) in [6.07, 6.45) is 0.0682. The van der Waals surface area contributed by atoms with Crippen LogP contribution in [-0.4, -0.2) is 25.3 Å². The normalized spacial score (nSPS) is 18.4. The Morgan fingerprint density at radius 2 is 1.88 bits per heavy atom. The van der Waals surface area contributed by atoms with E-state index in [9.17, 15) is 0 Å². The Labute approximate surface area is 104 Å². The van der Waals surface area contributed by atoms with Crippen molar-refractivity contribution in [1.29, 1.82) is 0 Å². The van der Waals surface area contributed by atoms with Gasteiger partial charge in [0.2, 0.25) is 0 Å². The lowest BCUT2D eigenvalue weighted by atomic mass is 9.93. The molecule has 3 nitrogen and oxygen atoms in total. The van der Waals surface area contributed by atoms with E-state index >= 15 is 0 Å². The van der Waals surface area contributed by atoms with E-state index in [0.29, 0.717) is 6.54 Å². The molecule has 3 N–H and O–H groups in total. The SMILES string of the molecule is COC(C)C(C)(CN)NC(C)c1ccccc1. The summed E-state index contributed by atoms with van der Waals surface area (Å²) in [7, 11) is 1.72. The Hall–Kier alpha value is -0.900. The van der Waals surface area contributed by atoms with E-state index in [1.807, 2.05) is 25.1 Å². The van der Waals surface area contributed by atoms with E-state index in [4.69, 9.17) is 10.5 Å². The molecule has 0 bridgehead atoms. The first-order valence-electron chi connectivity index (χ1n) is 6.09. The highest BCUT2D eigenvalue weighted by atomic mass is 16.5. The fourth-order valence-corrected chi connectivity index (χ4v) is 1.92. The van der Waals surface area contributed by atoms with Gasteiger partial charge in [0.1, 0.15) is 0 Å². The second-order valence-corrected chi connectivity index (χ2v) is 4.78. The van der Waals surface area contributed by atoms with Crippen molar-refractivity contribution >= 4 is 0 Å². The van der Waals surface area contributed by atoms with Crippen LogP contribution in [0.3, 0.4) is 0 Å². The molecule has 0 aliphatic rings. The number of rotatable bonds is 6. The van der Waals surface area contributed by atoms with Crippen molar-refractivity contribution in [2.75, 3.05) is 13.7 Å². The third-order valence-corrected chi connectivity index (χ3v) is 3.52. The molecule has 0 aliphatic heterocycles. The third kappa shape index (κ3) is 3.53. The van der Waals surface area contributed by atoms with Gasteiger partial charge in [-0.2, -0.15) is 0 Å². The van der Waals surface area contributed by atoms with Crippen LogP contribution in [-0.2, 0) is 4.74 Å². The van der Waals surface area contributed by atoms with Gasteiger partial charge < -0.3 is 15.8 Å². The van der Waals surface area contributed by atoms with E-state index in [-0.39, 0.29) is 17.7 Å². The molecule has 1 rings (SSSR count). The quantitative estimate of drug-likeness (QED) is 0.795. The number of nitrogens with two attached hydrogens (primary N) is 1. The van der Waals surface area contributed by atoms with Crippen LogP contribution in [0.4, 0.5) is 0 Å². The average Bonchev–Trinajstić information content (AvgIpc) is 2.38. The molecule has 0 amide bonds. The molecule has 0 spiro atoms. The summed E-state index contributed by atoms with van der Waals surface area (Å²) in [4.78, 5) is 0. The van der Waals surface area contributed by atoms with Crippen LogP contribution in [0.1, 0.15) is 32.4 Å². The van der Waals surface area contributed by atoms with Crippen molar-refractivity contribution in [2.24, 2.45) is 5.73 Å². The summed E-state index contributed by atoms with van der Waals surface area (Å²) < 4.78 is 5.40. The van der Waals surface area contributed by atoms with Gasteiger partial charge in [0.25, 0.3) is 0 Å². The first-order chi connectivity index (χ1) is 8.03. The van der Waals surface area contributed by atoms with Crippen LogP contribution in [0.15, 0.2) is 30.3 Å². The molecule has 0 aliphatic carbocycles. The fourth-order valence-electron chi connectivity index (χ4n) is 1.92. The number of nitrogens with one attached hydrogen (secondary N) is 1. The monoisotopic (exact) mass is 236 g/mol. The number of hydrogen-bond acceptors (Lipinski definition) is 3. The first kappa shape index (κ1) is 14.2. The number of hydrogen-bond donors (Lipinski definition) is 2. The number of benzene rings is 1. The summed E-state index contributed by atoms with van der Waals surface area (Å²) in [5.74, 6) is 0. The predicted molar refractivity (Wildman–Crippen MR) is 71.9 cm³/mol. The maximum atomic E-state index is 5.87. The molecular formula is C14H24N2O. The first-order valence-corrected chi connectivity index (χ1v) is 6.09. The Balaban J connectivity index is 2.75. The largest absolute Gasteiger partial charge is 0.380 e. The van der Waals surface area contributed by atoms with Crippen LogP contribution < -0.4 is 11.1 Å². The minimum atomic E-state index is -0.218. The molecule has 1 aromatic rings. The zero-order valence-electron chi connectivity index (χ0n) is 11.2. The molecule has 0 saturated heterocycles. The zero-order valence-corrected chi connectivity index (χ0v) is 11.2.